The van der Waals surface area contributed by atoms with Crippen LogP contribution in [0.4, 0.5) is 11.4 Å². The van der Waals surface area contributed by atoms with Gasteiger partial charge in [0.15, 0.2) is 0 Å². The van der Waals surface area contributed by atoms with Crippen LogP contribution < -0.4 is 25.8 Å². The number of nitrogens with one attached hydrogen (secondary N) is 2. The predicted molar refractivity (Wildman–Crippen MR) is 172 cm³/mol. The van der Waals surface area contributed by atoms with Crippen molar-refractivity contribution in [2.24, 2.45) is 5.73 Å². The number of hydrogen-bond acceptors (Lipinski definition) is 7. The van der Waals surface area contributed by atoms with E-state index in [1.165, 1.54) is 24.3 Å². The molecule has 4 rings (SSSR count). The normalized spacial score (nSPS) is 9.98. The number of ether oxygens (including phenoxy) is 3. The van der Waals surface area contributed by atoms with E-state index in [-0.39, 0.29) is 43.2 Å². The van der Waals surface area contributed by atoms with Crippen molar-refractivity contribution >= 4 is 29.2 Å². The number of hydrogen-bond donors (Lipinski definition) is 3. The summed E-state index contributed by atoms with van der Waals surface area (Å²) >= 11 is 0. The minimum atomic E-state index is -0.548. The second kappa shape index (κ2) is 17.5. The minimum absolute atomic E-state index is 0.0634. The number of nitrogens with two attached hydrogens (primary N) is 1. The van der Waals surface area contributed by atoms with Gasteiger partial charge in [0.25, 0.3) is 5.91 Å². The lowest BCUT2D eigenvalue weighted by Gasteiger charge is -2.16. The minimum Gasteiger partial charge on any atom is -0.487 e. The van der Waals surface area contributed by atoms with Crippen LogP contribution in [-0.2, 0) is 22.7 Å². The van der Waals surface area contributed by atoms with E-state index in [0.717, 1.165) is 11.1 Å². The lowest BCUT2D eigenvalue weighted by molar-refractivity contribution is -0.114. The van der Waals surface area contributed by atoms with Crippen LogP contribution in [0.5, 0.6) is 11.5 Å². The first-order valence-electron chi connectivity index (χ1n) is 14.2. The maximum atomic E-state index is 13.4. The van der Waals surface area contributed by atoms with E-state index in [2.05, 4.69) is 17.2 Å². The molecular weight excluding hydrogens is 558 g/mol. The van der Waals surface area contributed by atoms with Gasteiger partial charge in [-0.2, -0.15) is 0 Å². The number of carbonyl (C=O) groups excluding carboxylic acids is 3. The quantitative estimate of drug-likeness (QED) is 0.121. The third-order valence-corrected chi connectivity index (χ3v) is 5.98. The summed E-state index contributed by atoms with van der Waals surface area (Å²) in [4.78, 5) is 37.8. The molecule has 0 saturated carbocycles. The molecule has 9 heteroatoms. The van der Waals surface area contributed by atoms with Crippen LogP contribution >= 0.6 is 0 Å². The number of anilines is 2. The Balaban J connectivity index is 0.00000259. The van der Waals surface area contributed by atoms with Crippen molar-refractivity contribution in [3.63, 3.8) is 0 Å². The number of carbonyl (C=O) groups is 3. The molecule has 2 amide bonds. The number of rotatable bonds is 13. The molecule has 0 fully saturated rings. The summed E-state index contributed by atoms with van der Waals surface area (Å²) in [5.41, 5.74) is 8.55. The van der Waals surface area contributed by atoms with Gasteiger partial charge in [-0.15, -0.1) is 0 Å². The summed E-state index contributed by atoms with van der Waals surface area (Å²) < 4.78 is 17.1. The lowest BCUT2D eigenvalue weighted by atomic mass is 10.1. The summed E-state index contributed by atoms with van der Waals surface area (Å²) in [5.74, 6) is -0.819. The Morgan fingerprint density at radius 2 is 1.23 bits per heavy atom. The monoisotopic (exact) mass is 595 g/mol. The van der Waals surface area contributed by atoms with Gasteiger partial charge in [-0.25, -0.2) is 4.79 Å². The molecule has 4 aromatic carbocycles. The fraction of sp³-hybridized carbons (Fsp3) is 0.171. The van der Waals surface area contributed by atoms with Crippen molar-refractivity contribution < 1.29 is 28.6 Å². The molecule has 4 aromatic rings. The van der Waals surface area contributed by atoms with E-state index in [1.807, 2.05) is 74.5 Å². The van der Waals surface area contributed by atoms with E-state index in [0.29, 0.717) is 17.1 Å². The molecule has 4 N–H and O–H groups in total. The van der Waals surface area contributed by atoms with Crippen molar-refractivity contribution in [2.75, 3.05) is 23.8 Å². The first kappa shape index (κ1) is 33.1. The molecule has 0 aliphatic heterocycles. The highest BCUT2D eigenvalue weighted by molar-refractivity contribution is 6.06. The lowest BCUT2D eigenvalue weighted by Crippen LogP contribution is -2.22. The number of esters is 1. The molecule has 0 aliphatic carbocycles. The SMILES string of the molecule is C=CCOC(=O)c1ccc(NC(=O)c2ccc(NC(=O)CN)c(OCc3ccccc3)c2)c(OCc2ccccc2)c1.CC. The number of amides is 2. The zero-order valence-electron chi connectivity index (χ0n) is 24.9. The summed E-state index contributed by atoms with van der Waals surface area (Å²) in [6, 6.07) is 28.3. The molecular formula is C35H37N3O6. The number of benzene rings is 4. The summed E-state index contributed by atoms with van der Waals surface area (Å²) in [6.07, 6.45) is 1.48. The zero-order valence-corrected chi connectivity index (χ0v) is 24.9. The second-order valence-electron chi connectivity index (χ2n) is 9.06. The smallest absolute Gasteiger partial charge is 0.338 e. The van der Waals surface area contributed by atoms with E-state index in [9.17, 15) is 14.4 Å². The molecule has 0 radical (unpaired) electrons. The Hall–Kier alpha value is -5.41. The van der Waals surface area contributed by atoms with Gasteiger partial charge in [-0.05, 0) is 47.5 Å². The molecule has 0 unspecified atom stereocenters. The maximum Gasteiger partial charge on any atom is 0.338 e. The molecule has 0 atom stereocenters. The standard InChI is InChI=1S/C33H31N3O6.C2H6/c1-2-17-40-33(39)26-14-16-28(30(19-26)42-22-24-11-7-4-8-12-24)36-32(38)25-13-15-27(35-31(37)20-34)29(18-25)41-21-23-9-5-3-6-10-23;1-2/h2-16,18-19H,1,17,20-22,34H2,(H,35,37)(H,36,38);1-2H3. The van der Waals surface area contributed by atoms with Crippen LogP contribution in [0.25, 0.3) is 0 Å². The molecule has 0 aromatic heterocycles. The van der Waals surface area contributed by atoms with Crippen LogP contribution in [-0.4, -0.2) is 30.9 Å². The van der Waals surface area contributed by atoms with Gasteiger partial charge in [-0.3, -0.25) is 9.59 Å². The molecule has 0 aliphatic rings. The highest BCUT2D eigenvalue weighted by atomic mass is 16.5. The fourth-order valence-corrected chi connectivity index (χ4v) is 3.84. The van der Waals surface area contributed by atoms with Crippen LogP contribution in [0.3, 0.4) is 0 Å². The molecule has 228 valence electrons. The molecule has 0 heterocycles. The van der Waals surface area contributed by atoms with Crippen molar-refractivity contribution in [1.29, 1.82) is 0 Å². The van der Waals surface area contributed by atoms with Crippen LogP contribution in [0.2, 0.25) is 0 Å². The first-order valence-corrected chi connectivity index (χ1v) is 14.2. The third kappa shape index (κ3) is 9.85. The van der Waals surface area contributed by atoms with Gasteiger partial charge in [-0.1, -0.05) is 87.2 Å². The summed E-state index contributed by atoms with van der Waals surface area (Å²) in [7, 11) is 0. The van der Waals surface area contributed by atoms with Gasteiger partial charge in [0.05, 0.1) is 23.5 Å². The van der Waals surface area contributed by atoms with E-state index in [4.69, 9.17) is 19.9 Å². The average Bonchev–Trinajstić information content (AvgIpc) is 3.07. The van der Waals surface area contributed by atoms with Crippen LogP contribution in [0.1, 0.15) is 45.7 Å². The van der Waals surface area contributed by atoms with Crippen molar-refractivity contribution in [2.45, 2.75) is 27.1 Å². The molecule has 0 bridgehead atoms. The van der Waals surface area contributed by atoms with Gasteiger partial charge in [0, 0.05) is 5.56 Å². The van der Waals surface area contributed by atoms with Gasteiger partial charge < -0.3 is 30.6 Å². The van der Waals surface area contributed by atoms with E-state index < -0.39 is 17.8 Å². The maximum absolute atomic E-state index is 13.4. The molecule has 9 nitrogen and oxygen atoms in total. The van der Waals surface area contributed by atoms with E-state index in [1.54, 1.807) is 18.2 Å². The van der Waals surface area contributed by atoms with Crippen LogP contribution in [0.15, 0.2) is 110 Å². The largest absolute Gasteiger partial charge is 0.487 e. The summed E-state index contributed by atoms with van der Waals surface area (Å²) in [6.45, 7) is 7.84. The Labute approximate surface area is 257 Å². The average molecular weight is 596 g/mol. The van der Waals surface area contributed by atoms with Crippen LogP contribution in [0, 0.1) is 0 Å². The Kier molecular flexibility index (Phi) is 13.2. The van der Waals surface area contributed by atoms with E-state index >= 15 is 0 Å². The topological polar surface area (TPSA) is 129 Å². The van der Waals surface area contributed by atoms with Crippen molar-refractivity contribution in [3.8, 4) is 11.5 Å². The highest BCUT2D eigenvalue weighted by Gasteiger charge is 2.17. The van der Waals surface area contributed by atoms with Gasteiger partial charge >= 0.3 is 5.97 Å². The Morgan fingerprint density at radius 1 is 0.727 bits per heavy atom. The highest BCUT2D eigenvalue weighted by Crippen LogP contribution is 2.30. The fourth-order valence-electron chi connectivity index (χ4n) is 3.84. The van der Waals surface area contributed by atoms with Gasteiger partial charge in [0.2, 0.25) is 5.91 Å². The van der Waals surface area contributed by atoms with Crippen molar-refractivity contribution in [3.05, 3.63) is 132 Å². The first-order chi connectivity index (χ1) is 21.5. The molecule has 44 heavy (non-hydrogen) atoms. The molecule has 0 spiro atoms. The summed E-state index contributed by atoms with van der Waals surface area (Å²) in [5, 5.41) is 5.54. The predicted octanol–water partition coefficient (Wildman–Crippen LogP) is 6.36. The molecule has 0 saturated heterocycles. The second-order valence-corrected chi connectivity index (χ2v) is 9.06. The Bertz CT molecular complexity index is 1540. The Morgan fingerprint density at radius 3 is 1.75 bits per heavy atom. The zero-order chi connectivity index (χ0) is 31.7. The van der Waals surface area contributed by atoms with Crippen molar-refractivity contribution in [1.82, 2.24) is 0 Å². The van der Waals surface area contributed by atoms with Gasteiger partial charge in [0.1, 0.15) is 31.3 Å². The third-order valence-electron chi connectivity index (χ3n) is 5.98.